The van der Waals surface area contributed by atoms with Crippen LogP contribution in [0.4, 0.5) is 5.82 Å². The fourth-order valence-corrected chi connectivity index (χ4v) is 3.72. The molecule has 4 nitrogen and oxygen atoms in total. The zero-order valence-corrected chi connectivity index (χ0v) is 14.5. The van der Waals surface area contributed by atoms with Gasteiger partial charge in [0.1, 0.15) is 5.82 Å². The van der Waals surface area contributed by atoms with Gasteiger partial charge in [0, 0.05) is 24.3 Å². The van der Waals surface area contributed by atoms with Crippen LogP contribution in [0.25, 0.3) is 0 Å². The summed E-state index contributed by atoms with van der Waals surface area (Å²) in [6.07, 6.45) is 8.98. The van der Waals surface area contributed by atoms with Crippen molar-refractivity contribution < 1.29 is 4.79 Å². The van der Waals surface area contributed by atoms with Gasteiger partial charge in [-0.25, -0.2) is 4.98 Å². The summed E-state index contributed by atoms with van der Waals surface area (Å²) < 4.78 is 0. The van der Waals surface area contributed by atoms with Gasteiger partial charge in [-0.2, -0.15) is 0 Å². The minimum Gasteiger partial charge on any atom is -0.367 e. The lowest BCUT2D eigenvalue weighted by molar-refractivity contribution is 0.0611. The fourth-order valence-electron chi connectivity index (χ4n) is 3.72. The van der Waals surface area contributed by atoms with Crippen molar-refractivity contribution in [3.05, 3.63) is 59.8 Å². The number of rotatable bonds is 4. The third-order valence-corrected chi connectivity index (χ3v) is 5.41. The highest BCUT2D eigenvalue weighted by atomic mass is 16.2. The van der Waals surface area contributed by atoms with E-state index in [4.69, 9.17) is 0 Å². The number of nitrogens with one attached hydrogen (secondary N) is 1. The summed E-state index contributed by atoms with van der Waals surface area (Å²) >= 11 is 0. The standard InChI is InChI=1S/C21H25N3O/c25-21(16-7-2-1-3-8-16)24-14-5-4-11-19(24)17-12-13-20(22-15-17)23-18-9-6-10-18/h1-3,7-8,12-13,15,18-19H,4-6,9-11,14H2,(H,22,23)/t19-/m0/s1. The molecular weight excluding hydrogens is 310 g/mol. The van der Waals surface area contributed by atoms with Gasteiger partial charge in [-0.15, -0.1) is 0 Å². The summed E-state index contributed by atoms with van der Waals surface area (Å²) in [6.45, 7) is 0.820. The van der Waals surface area contributed by atoms with Gasteiger partial charge in [-0.05, 0) is 62.3 Å². The Morgan fingerprint density at radius 2 is 1.84 bits per heavy atom. The summed E-state index contributed by atoms with van der Waals surface area (Å²) in [5.41, 5.74) is 1.91. The number of amides is 1. The lowest BCUT2D eigenvalue weighted by Crippen LogP contribution is -2.38. The van der Waals surface area contributed by atoms with Crippen LogP contribution in [0.1, 0.15) is 60.5 Å². The number of nitrogens with zero attached hydrogens (tertiary/aromatic N) is 2. The Hall–Kier alpha value is -2.36. The van der Waals surface area contributed by atoms with Crippen molar-refractivity contribution in [1.29, 1.82) is 0 Å². The molecule has 1 aliphatic carbocycles. The number of piperidine rings is 1. The van der Waals surface area contributed by atoms with Crippen molar-refractivity contribution in [2.45, 2.75) is 50.6 Å². The number of likely N-dealkylation sites (tertiary alicyclic amines) is 1. The van der Waals surface area contributed by atoms with E-state index in [2.05, 4.69) is 22.4 Å². The van der Waals surface area contributed by atoms with Crippen LogP contribution < -0.4 is 5.32 Å². The van der Waals surface area contributed by atoms with E-state index in [1.807, 2.05) is 41.4 Å². The van der Waals surface area contributed by atoms with Crippen LogP contribution in [0, 0.1) is 0 Å². The number of hydrogen-bond acceptors (Lipinski definition) is 3. The molecule has 4 rings (SSSR count). The normalized spacial score (nSPS) is 20.8. The Bertz CT molecular complexity index is 710. The molecule has 2 heterocycles. The van der Waals surface area contributed by atoms with Crippen LogP contribution in [0.5, 0.6) is 0 Å². The molecule has 1 saturated carbocycles. The molecule has 130 valence electrons. The molecule has 1 saturated heterocycles. The molecule has 2 aliphatic rings. The smallest absolute Gasteiger partial charge is 0.254 e. The number of aromatic nitrogens is 1. The molecular formula is C21H25N3O. The highest BCUT2D eigenvalue weighted by molar-refractivity contribution is 5.94. The third kappa shape index (κ3) is 3.53. The molecule has 0 bridgehead atoms. The van der Waals surface area contributed by atoms with Crippen LogP contribution in [0.2, 0.25) is 0 Å². The molecule has 2 fully saturated rings. The van der Waals surface area contributed by atoms with Crippen molar-refractivity contribution in [3.8, 4) is 0 Å². The van der Waals surface area contributed by atoms with Crippen LogP contribution in [0.3, 0.4) is 0 Å². The lowest BCUT2D eigenvalue weighted by Gasteiger charge is -2.36. The molecule has 1 aromatic heterocycles. The molecule has 1 atom stereocenters. The van der Waals surface area contributed by atoms with Gasteiger partial charge >= 0.3 is 0 Å². The van der Waals surface area contributed by atoms with E-state index in [1.54, 1.807) is 0 Å². The highest BCUT2D eigenvalue weighted by Gasteiger charge is 2.29. The van der Waals surface area contributed by atoms with Crippen molar-refractivity contribution in [3.63, 3.8) is 0 Å². The zero-order chi connectivity index (χ0) is 17.1. The topological polar surface area (TPSA) is 45.2 Å². The molecule has 0 unspecified atom stereocenters. The van der Waals surface area contributed by atoms with Crippen LogP contribution in [-0.2, 0) is 0 Å². The minimum absolute atomic E-state index is 0.127. The second kappa shape index (κ2) is 7.26. The van der Waals surface area contributed by atoms with Gasteiger partial charge in [-0.3, -0.25) is 4.79 Å². The first-order valence-corrected chi connectivity index (χ1v) is 9.40. The molecule has 1 N–H and O–H groups in total. The number of benzene rings is 1. The Kier molecular flexibility index (Phi) is 4.68. The van der Waals surface area contributed by atoms with Gasteiger partial charge < -0.3 is 10.2 Å². The van der Waals surface area contributed by atoms with Crippen molar-refractivity contribution in [2.75, 3.05) is 11.9 Å². The van der Waals surface area contributed by atoms with E-state index >= 15 is 0 Å². The molecule has 1 aliphatic heterocycles. The van der Waals surface area contributed by atoms with Crippen LogP contribution >= 0.6 is 0 Å². The first-order valence-electron chi connectivity index (χ1n) is 9.40. The van der Waals surface area contributed by atoms with Gasteiger partial charge in [0.05, 0.1) is 6.04 Å². The summed E-state index contributed by atoms with van der Waals surface area (Å²) in [7, 11) is 0. The predicted octanol–water partition coefficient (Wildman–Crippen LogP) is 4.41. The first kappa shape index (κ1) is 16.1. The van der Waals surface area contributed by atoms with E-state index in [-0.39, 0.29) is 11.9 Å². The Labute approximate surface area is 149 Å². The fraction of sp³-hybridized carbons (Fsp3) is 0.429. The maximum absolute atomic E-state index is 12.9. The van der Waals surface area contributed by atoms with Crippen molar-refractivity contribution >= 4 is 11.7 Å². The van der Waals surface area contributed by atoms with Crippen LogP contribution in [0.15, 0.2) is 48.7 Å². The average molecular weight is 335 g/mol. The summed E-state index contributed by atoms with van der Waals surface area (Å²) in [5, 5.41) is 3.48. The van der Waals surface area contributed by atoms with E-state index in [0.29, 0.717) is 6.04 Å². The van der Waals surface area contributed by atoms with Gasteiger partial charge in [-0.1, -0.05) is 24.3 Å². The quantitative estimate of drug-likeness (QED) is 0.900. The van der Waals surface area contributed by atoms with E-state index < -0.39 is 0 Å². The second-order valence-electron chi connectivity index (χ2n) is 7.13. The molecule has 0 radical (unpaired) electrons. The average Bonchev–Trinajstić information content (AvgIpc) is 2.65. The molecule has 25 heavy (non-hydrogen) atoms. The number of carbonyl (C=O) groups excluding carboxylic acids is 1. The van der Waals surface area contributed by atoms with Crippen molar-refractivity contribution in [1.82, 2.24) is 9.88 Å². The Balaban J connectivity index is 1.51. The predicted molar refractivity (Wildman–Crippen MR) is 99.6 cm³/mol. The van der Waals surface area contributed by atoms with Gasteiger partial charge in [0.25, 0.3) is 5.91 Å². The maximum atomic E-state index is 12.9. The SMILES string of the molecule is O=C(c1ccccc1)N1CCCC[C@H]1c1ccc(NC2CCC2)nc1. The van der Waals surface area contributed by atoms with E-state index in [0.717, 1.165) is 42.8 Å². The number of anilines is 1. The van der Waals surface area contributed by atoms with E-state index in [1.165, 1.54) is 19.3 Å². The summed E-state index contributed by atoms with van der Waals surface area (Å²) in [5.74, 6) is 1.08. The number of pyridine rings is 1. The lowest BCUT2D eigenvalue weighted by atomic mass is 9.93. The largest absolute Gasteiger partial charge is 0.367 e. The Morgan fingerprint density at radius 1 is 1.00 bits per heavy atom. The summed E-state index contributed by atoms with van der Waals surface area (Å²) in [6, 6.07) is 14.5. The van der Waals surface area contributed by atoms with Crippen molar-refractivity contribution in [2.24, 2.45) is 0 Å². The number of carbonyl (C=O) groups is 1. The van der Waals surface area contributed by atoms with Crippen LogP contribution in [-0.4, -0.2) is 28.4 Å². The minimum atomic E-state index is 0.127. The number of hydrogen-bond donors (Lipinski definition) is 1. The summed E-state index contributed by atoms with van der Waals surface area (Å²) in [4.78, 5) is 19.6. The Morgan fingerprint density at radius 3 is 2.52 bits per heavy atom. The van der Waals surface area contributed by atoms with E-state index in [9.17, 15) is 4.79 Å². The molecule has 0 spiro atoms. The third-order valence-electron chi connectivity index (χ3n) is 5.41. The second-order valence-corrected chi connectivity index (χ2v) is 7.13. The van der Waals surface area contributed by atoms with Gasteiger partial charge in [0.15, 0.2) is 0 Å². The zero-order valence-electron chi connectivity index (χ0n) is 14.5. The van der Waals surface area contributed by atoms with Gasteiger partial charge in [0.2, 0.25) is 0 Å². The molecule has 4 heteroatoms. The molecule has 1 aromatic carbocycles. The molecule has 1 amide bonds. The first-order chi connectivity index (χ1) is 12.3. The maximum Gasteiger partial charge on any atom is 0.254 e. The highest BCUT2D eigenvalue weighted by Crippen LogP contribution is 2.32. The monoisotopic (exact) mass is 335 g/mol. The molecule has 2 aromatic rings.